The summed E-state index contributed by atoms with van der Waals surface area (Å²) in [6.07, 6.45) is 6.04. The molecule has 0 aromatic carbocycles. The van der Waals surface area contributed by atoms with Gasteiger partial charge in [0.1, 0.15) is 6.33 Å². The number of hydrogen-bond acceptors (Lipinski definition) is 4. The maximum atomic E-state index is 11.8. The van der Waals surface area contributed by atoms with Crippen LogP contribution in [0.25, 0.3) is 17.0 Å². The number of nitrogens with zero attached hydrogens (tertiary/aromatic N) is 5. The van der Waals surface area contributed by atoms with Gasteiger partial charge >= 0.3 is 0 Å². The van der Waals surface area contributed by atoms with Gasteiger partial charge in [-0.05, 0) is 6.42 Å². The third-order valence-corrected chi connectivity index (χ3v) is 2.65. The molecular formula is C11H12N6O. The first-order valence-electron chi connectivity index (χ1n) is 5.74. The van der Waals surface area contributed by atoms with Crippen LogP contribution in [-0.2, 0) is 6.54 Å². The highest BCUT2D eigenvalue weighted by atomic mass is 16.1. The van der Waals surface area contributed by atoms with Gasteiger partial charge in [-0.3, -0.25) is 14.6 Å². The Kier molecular flexibility index (Phi) is 2.44. The molecule has 0 fully saturated rings. The van der Waals surface area contributed by atoms with Gasteiger partial charge in [-0.25, -0.2) is 9.97 Å². The van der Waals surface area contributed by atoms with Crippen molar-refractivity contribution in [3.63, 3.8) is 0 Å². The molecule has 0 spiro atoms. The lowest BCUT2D eigenvalue weighted by Gasteiger charge is -1.97. The fraction of sp³-hybridized carbons (Fsp3) is 0.273. The molecule has 0 aliphatic rings. The molecule has 7 nitrogen and oxygen atoms in total. The van der Waals surface area contributed by atoms with Gasteiger partial charge in [0.2, 0.25) is 0 Å². The first-order valence-corrected chi connectivity index (χ1v) is 5.74. The van der Waals surface area contributed by atoms with Crippen LogP contribution in [0.4, 0.5) is 0 Å². The molecule has 0 bridgehead atoms. The molecule has 3 aromatic heterocycles. The molecule has 3 aromatic rings. The molecule has 7 heteroatoms. The third kappa shape index (κ3) is 1.69. The van der Waals surface area contributed by atoms with E-state index in [1.54, 1.807) is 6.20 Å². The average molecular weight is 244 g/mol. The maximum Gasteiger partial charge on any atom is 0.274 e. The maximum absolute atomic E-state index is 11.8. The predicted octanol–water partition coefficient (Wildman–Crippen LogP) is 0.691. The van der Waals surface area contributed by atoms with Crippen LogP contribution in [-0.4, -0.2) is 29.4 Å². The molecule has 18 heavy (non-hydrogen) atoms. The summed E-state index contributed by atoms with van der Waals surface area (Å²) < 4.78 is 3.13. The Labute approximate surface area is 102 Å². The van der Waals surface area contributed by atoms with Crippen LogP contribution < -0.4 is 5.56 Å². The number of fused-ring (bicyclic) bond motifs is 1. The lowest BCUT2D eigenvalue weighted by atomic mass is 10.2. The van der Waals surface area contributed by atoms with Gasteiger partial charge in [0, 0.05) is 24.4 Å². The van der Waals surface area contributed by atoms with Gasteiger partial charge < -0.3 is 0 Å². The van der Waals surface area contributed by atoms with Crippen LogP contribution in [0, 0.1) is 0 Å². The van der Waals surface area contributed by atoms with Crippen molar-refractivity contribution in [1.82, 2.24) is 29.4 Å². The second-order valence-electron chi connectivity index (χ2n) is 3.99. The molecule has 3 rings (SSSR count). The smallest absolute Gasteiger partial charge is 0.274 e. The summed E-state index contributed by atoms with van der Waals surface area (Å²) in [5.41, 5.74) is 1.23. The van der Waals surface area contributed by atoms with Crippen LogP contribution in [0.5, 0.6) is 0 Å². The van der Waals surface area contributed by atoms with Crippen molar-refractivity contribution in [3.05, 3.63) is 35.1 Å². The highest BCUT2D eigenvalue weighted by Crippen LogP contribution is 2.14. The molecule has 0 radical (unpaired) electrons. The highest BCUT2D eigenvalue weighted by molar-refractivity contribution is 5.58. The molecule has 1 N–H and O–H groups in total. The molecule has 92 valence electrons. The van der Waals surface area contributed by atoms with Gasteiger partial charge in [0.15, 0.2) is 0 Å². The van der Waals surface area contributed by atoms with E-state index in [-0.39, 0.29) is 5.56 Å². The molecule has 0 saturated carbocycles. The second kappa shape index (κ2) is 4.10. The van der Waals surface area contributed by atoms with Crippen molar-refractivity contribution in [2.45, 2.75) is 19.9 Å². The largest absolute Gasteiger partial charge is 0.278 e. The van der Waals surface area contributed by atoms with Crippen molar-refractivity contribution >= 4 is 5.78 Å². The summed E-state index contributed by atoms with van der Waals surface area (Å²) in [5.74, 6) is 0.362. The Morgan fingerprint density at radius 2 is 2.33 bits per heavy atom. The van der Waals surface area contributed by atoms with Crippen molar-refractivity contribution in [2.75, 3.05) is 0 Å². The van der Waals surface area contributed by atoms with Crippen molar-refractivity contribution < 1.29 is 0 Å². The Morgan fingerprint density at radius 1 is 1.44 bits per heavy atom. The molecule has 0 unspecified atom stereocenters. The monoisotopic (exact) mass is 244 g/mol. The summed E-state index contributed by atoms with van der Waals surface area (Å²) in [7, 11) is 0. The number of aryl methyl sites for hydroxylation is 1. The lowest BCUT2D eigenvalue weighted by Crippen LogP contribution is -2.14. The van der Waals surface area contributed by atoms with Crippen molar-refractivity contribution in [2.24, 2.45) is 0 Å². The van der Waals surface area contributed by atoms with Crippen LogP contribution in [0.1, 0.15) is 13.3 Å². The normalized spacial score (nSPS) is 11.2. The summed E-state index contributed by atoms with van der Waals surface area (Å²) in [6, 6.07) is 1.47. The standard InChI is InChI=1S/C11H12N6O/c1-2-3-16-6-8(5-13-16)9-4-10(18)17-11(15-9)12-7-14-17/h4-7H,2-3H2,1H3,(H,12,14,15). The summed E-state index contributed by atoms with van der Waals surface area (Å²) in [6.45, 7) is 2.94. The van der Waals surface area contributed by atoms with Gasteiger partial charge in [-0.1, -0.05) is 6.92 Å². The summed E-state index contributed by atoms with van der Waals surface area (Å²) in [5, 5.41) is 6.92. The third-order valence-electron chi connectivity index (χ3n) is 2.65. The van der Waals surface area contributed by atoms with Crippen molar-refractivity contribution in [3.8, 4) is 11.3 Å². The van der Waals surface area contributed by atoms with E-state index in [4.69, 9.17) is 0 Å². The van der Waals surface area contributed by atoms with E-state index < -0.39 is 0 Å². The topological polar surface area (TPSA) is 80.9 Å². The zero-order valence-corrected chi connectivity index (χ0v) is 9.87. The number of hydrogen-bond donors (Lipinski definition) is 1. The first-order chi connectivity index (χ1) is 8.78. The minimum Gasteiger partial charge on any atom is -0.278 e. The number of nitrogens with one attached hydrogen (secondary N) is 1. The first kappa shape index (κ1) is 10.7. The zero-order chi connectivity index (χ0) is 12.5. The Bertz CT molecular complexity index is 737. The van der Waals surface area contributed by atoms with E-state index in [2.05, 4.69) is 27.1 Å². The van der Waals surface area contributed by atoms with Crippen LogP contribution in [0.3, 0.4) is 0 Å². The Balaban J connectivity index is 2.09. The molecule has 0 amide bonds. The number of rotatable bonds is 3. The number of aromatic amines is 1. The molecule has 0 aliphatic carbocycles. The second-order valence-corrected chi connectivity index (χ2v) is 3.99. The van der Waals surface area contributed by atoms with Gasteiger partial charge in [0.05, 0.1) is 11.9 Å². The summed E-state index contributed by atoms with van der Waals surface area (Å²) in [4.78, 5) is 20.1. The van der Waals surface area contributed by atoms with E-state index in [1.807, 2.05) is 10.9 Å². The highest BCUT2D eigenvalue weighted by Gasteiger charge is 2.08. The van der Waals surface area contributed by atoms with Crippen LogP contribution >= 0.6 is 0 Å². The molecule has 0 atom stereocenters. The van der Waals surface area contributed by atoms with E-state index in [1.165, 1.54) is 16.9 Å². The average Bonchev–Trinajstić information content (AvgIpc) is 2.97. The fourth-order valence-corrected chi connectivity index (χ4v) is 1.82. The number of aromatic nitrogens is 6. The van der Waals surface area contributed by atoms with E-state index in [0.717, 1.165) is 18.5 Å². The molecule has 0 aliphatic heterocycles. The van der Waals surface area contributed by atoms with Gasteiger partial charge in [-0.15, -0.1) is 0 Å². The fourth-order valence-electron chi connectivity index (χ4n) is 1.82. The lowest BCUT2D eigenvalue weighted by molar-refractivity contribution is 0.603. The van der Waals surface area contributed by atoms with E-state index in [9.17, 15) is 4.79 Å². The Morgan fingerprint density at radius 3 is 3.17 bits per heavy atom. The molecule has 0 saturated heterocycles. The zero-order valence-electron chi connectivity index (χ0n) is 9.87. The van der Waals surface area contributed by atoms with E-state index >= 15 is 0 Å². The Hall–Kier alpha value is -2.44. The SMILES string of the molecule is CCCn1cc(-c2cc(=O)n3[nH]cnc3n2)cn1. The van der Waals surface area contributed by atoms with Gasteiger partial charge in [-0.2, -0.15) is 9.61 Å². The minimum atomic E-state index is -0.184. The van der Waals surface area contributed by atoms with Crippen LogP contribution in [0.2, 0.25) is 0 Å². The van der Waals surface area contributed by atoms with Gasteiger partial charge in [0.25, 0.3) is 11.3 Å². The number of H-pyrrole nitrogens is 1. The minimum absolute atomic E-state index is 0.184. The van der Waals surface area contributed by atoms with Crippen LogP contribution in [0.15, 0.2) is 29.6 Å². The molecule has 3 heterocycles. The summed E-state index contributed by atoms with van der Waals surface area (Å²) >= 11 is 0. The van der Waals surface area contributed by atoms with E-state index in [0.29, 0.717) is 11.5 Å². The molecular weight excluding hydrogens is 232 g/mol. The quantitative estimate of drug-likeness (QED) is 0.735. The van der Waals surface area contributed by atoms with Crippen molar-refractivity contribution in [1.29, 1.82) is 0 Å². The predicted molar refractivity (Wildman–Crippen MR) is 65.1 cm³/mol.